The number of hydrogen-bond donors (Lipinski definition) is 1. The highest BCUT2D eigenvalue weighted by Gasteiger charge is 2.29. The second kappa shape index (κ2) is 5.70. The van der Waals surface area contributed by atoms with Crippen LogP contribution in [-0.2, 0) is 15.4 Å². The molecule has 0 aromatic carbocycles. The zero-order chi connectivity index (χ0) is 17.7. The normalized spacial score (nSPS) is 20.5. The number of nitrogens with one attached hydrogen (secondary N) is 1. The van der Waals surface area contributed by atoms with Crippen LogP contribution in [0.5, 0.6) is 0 Å². The average molecular weight is 351 g/mol. The summed E-state index contributed by atoms with van der Waals surface area (Å²) in [5.74, 6) is 0.417. The molecule has 3 heterocycles. The molecule has 0 amide bonds. The smallest absolute Gasteiger partial charge is 0.276 e. The Morgan fingerprint density at radius 3 is 2.71 bits per heavy atom. The molecule has 0 saturated carbocycles. The molecule has 8 nitrogen and oxygen atoms in total. The Kier molecular flexibility index (Phi) is 4.07. The van der Waals surface area contributed by atoms with Gasteiger partial charge in [0.05, 0.1) is 11.7 Å². The van der Waals surface area contributed by atoms with Gasteiger partial charge in [0.25, 0.3) is 12.7 Å². The van der Waals surface area contributed by atoms with Crippen LogP contribution in [0.3, 0.4) is 0 Å². The molecule has 1 N–H and O–H groups in total. The quantitative estimate of drug-likeness (QED) is 0.764. The van der Waals surface area contributed by atoms with Gasteiger partial charge in [-0.3, -0.25) is 4.79 Å². The topological polar surface area (TPSA) is 101 Å². The number of rotatable bonds is 2. The molecule has 0 radical (unpaired) electrons. The molecule has 2 aromatic rings. The van der Waals surface area contributed by atoms with E-state index in [0.29, 0.717) is 29.9 Å². The Morgan fingerprint density at radius 2 is 2.08 bits per heavy atom. The van der Waals surface area contributed by atoms with Gasteiger partial charge in [-0.15, -0.1) is 0 Å². The van der Waals surface area contributed by atoms with Crippen molar-refractivity contribution in [3.05, 3.63) is 22.4 Å². The summed E-state index contributed by atoms with van der Waals surface area (Å²) >= 11 is 0. The van der Waals surface area contributed by atoms with E-state index in [-0.39, 0.29) is 17.0 Å². The first kappa shape index (κ1) is 17.2. The molecule has 10 heteroatoms. The summed E-state index contributed by atoms with van der Waals surface area (Å²) < 4.78 is 26.8. The van der Waals surface area contributed by atoms with Crippen molar-refractivity contribution in [3.8, 4) is 0 Å². The minimum absolute atomic E-state index is 0.117. The fourth-order valence-corrected chi connectivity index (χ4v) is 4.00. The molecule has 1 aliphatic heterocycles. The van der Waals surface area contributed by atoms with Gasteiger partial charge in [0.1, 0.15) is 11.2 Å². The van der Waals surface area contributed by atoms with Crippen molar-refractivity contribution in [1.29, 1.82) is 0 Å². The van der Waals surface area contributed by atoms with Gasteiger partial charge in [0, 0.05) is 19.0 Å². The second-order valence-electron chi connectivity index (χ2n) is 7.38. The van der Waals surface area contributed by atoms with Crippen molar-refractivity contribution >= 4 is 28.0 Å². The first-order chi connectivity index (χ1) is 11.1. The van der Waals surface area contributed by atoms with Gasteiger partial charge in [-0.2, -0.15) is 5.10 Å². The van der Waals surface area contributed by atoms with Crippen LogP contribution in [0.2, 0.25) is 0 Å². The molecule has 1 unspecified atom stereocenters. The Bertz CT molecular complexity index is 928. The third kappa shape index (κ3) is 3.12. The number of piperidine rings is 1. The van der Waals surface area contributed by atoms with Crippen molar-refractivity contribution in [2.45, 2.75) is 45.1 Å². The highest BCUT2D eigenvalue weighted by Crippen LogP contribution is 2.26. The van der Waals surface area contributed by atoms with Crippen molar-refractivity contribution in [2.24, 2.45) is 0 Å². The number of nitrogens with zero attached hydrogens (tertiary/aromatic N) is 4. The maximum Gasteiger partial charge on any atom is 0.276 e. The van der Waals surface area contributed by atoms with Crippen LogP contribution >= 0.6 is 0 Å². The molecular formula is C14H22BN5O3S. The van der Waals surface area contributed by atoms with E-state index in [1.165, 1.54) is 17.6 Å². The number of H-pyrrole nitrogens is 1. The highest BCUT2D eigenvalue weighted by molar-refractivity contribution is 8.10. The summed E-state index contributed by atoms with van der Waals surface area (Å²) in [5.41, 5.74) is 0.00486. The van der Waals surface area contributed by atoms with Crippen molar-refractivity contribution in [1.82, 2.24) is 24.1 Å². The molecule has 1 atom stereocenters. The third-order valence-corrected chi connectivity index (χ3v) is 5.60. The first-order valence-electron chi connectivity index (χ1n) is 8.01. The largest absolute Gasteiger partial charge is 0.310 e. The van der Waals surface area contributed by atoms with E-state index in [1.54, 1.807) is 4.68 Å². The monoisotopic (exact) mass is 351 g/mol. The lowest BCUT2D eigenvalue weighted by molar-refractivity contribution is 0.313. The highest BCUT2D eigenvalue weighted by atomic mass is 32.2. The molecule has 0 bridgehead atoms. The fraction of sp³-hybridized carbons (Fsp3) is 0.643. The Labute approximate surface area is 141 Å². The van der Waals surface area contributed by atoms with Gasteiger partial charge >= 0.3 is 0 Å². The van der Waals surface area contributed by atoms with Crippen molar-refractivity contribution < 1.29 is 8.42 Å². The van der Waals surface area contributed by atoms with Gasteiger partial charge in [0.15, 0.2) is 15.5 Å². The zero-order valence-electron chi connectivity index (χ0n) is 14.4. The van der Waals surface area contributed by atoms with Crippen LogP contribution in [0.4, 0.5) is 0 Å². The van der Waals surface area contributed by atoms with Gasteiger partial charge in [-0.05, 0) is 33.6 Å². The van der Waals surface area contributed by atoms with E-state index in [0.717, 1.165) is 12.8 Å². The lowest BCUT2D eigenvalue weighted by Gasteiger charge is -2.30. The predicted molar refractivity (Wildman–Crippen MR) is 94.2 cm³/mol. The van der Waals surface area contributed by atoms with Crippen LogP contribution in [0, 0.1) is 0 Å². The second-order valence-corrected chi connectivity index (χ2v) is 9.36. The molecule has 0 aliphatic carbocycles. The molecular weight excluding hydrogens is 329 g/mol. The van der Waals surface area contributed by atoms with E-state index < -0.39 is 9.87 Å². The number of hydrogen-bond acceptors (Lipinski definition) is 5. The van der Waals surface area contributed by atoms with E-state index in [1.807, 2.05) is 20.8 Å². The molecule has 2 aromatic heterocycles. The van der Waals surface area contributed by atoms with Crippen LogP contribution in [0.15, 0.2) is 11.0 Å². The van der Waals surface area contributed by atoms with Gasteiger partial charge < -0.3 is 4.98 Å². The molecule has 130 valence electrons. The Hall–Kier alpha value is -1.68. The summed E-state index contributed by atoms with van der Waals surface area (Å²) in [6.45, 7) is 6.84. The average Bonchev–Trinajstić information content (AvgIpc) is 2.91. The van der Waals surface area contributed by atoms with E-state index >= 15 is 0 Å². The standard InChI is InChI=1S/C14H22BN5O3S/c1-14(2,3)20-12-10(7-16-20)13(21)18-11(17-12)9-5-4-6-19(8-9)24(15,22)23/h7,9H,4-6,8,15H2,1-3H3,(H,17,18,21). The van der Waals surface area contributed by atoms with Gasteiger partial charge in [-0.25, -0.2) is 22.4 Å². The summed E-state index contributed by atoms with van der Waals surface area (Å²) in [4.78, 5) is 19.8. The minimum Gasteiger partial charge on any atom is -0.310 e. The summed E-state index contributed by atoms with van der Waals surface area (Å²) in [6, 6.07) is 0. The lowest BCUT2D eigenvalue weighted by atomic mass is 9.99. The van der Waals surface area contributed by atoms with E-state index in [2.05, 4.69) is 15.1 Å². The number of fused-ring (bicyclic) bond motifs is 1. The molecule has 3 rings (SSSR count). The SMILES string of the molecule is BS(=O)(=O)N1CCCC(c2nc3c(cnn3C(C)(C)C)c(=O)[nH]2)C1. The zero-order valence-corrected chi connectivity index (χ0v) is 15.2. The van der Waals surface area contributed by atoms with Crippen LogP contribution < -0.4 is 5.56 Å². The first-order valence-corrected chi connectivity index (χ1v) is 9.86. The summed E-state index contributed by atoms with van der Waals surface area (Å²) in [5, 5.41) is 4.74. The number of aromatic nitrogens is 4. The molecule has 24 heavy (non-hydrogen) atoms. The molecule has 1 aliphatic rings. The van der Waals surface area contributed by atoms with Gasteiger partial charge in [-0.1, -0.05) is 0 Å². The van der Waals surface area contributed by atoms with Crippen molar-refractivity contribution in [3.63, 3.8) is 0 Å². The lowest BCUT2D eigenvalue weighted by Crippen LogP contribution is -2.39. The third-order valence-electron chi connectivity index (χ3n) is 4.33. The van der Waals surface area contributed by atoms with Gasteiger partial charge in [0.2, 0.25) is 0 Å². The van der Waals surface area contributed by atoms with E-state index in [4.69, 9.17) is 0 Å². The molecule has 0 spiro atoms. The maximum absolute atomic E-state index is 12.4. The van der Waals surface area contributed by atoms with Crippen molar-refractivity contribution in [2.75, 3.05) is 13.1 Å². The Morgan fingerprint density at radius 1 is 1.38 bits per heavy atom. The maximum atomic E-state index is 12.4. The Balaban J connectivity index is 2.05. The molecule has 1 saturated heterocycles. The fourth-order valence-electron chi connectivity index (χ4n) is 3.09. The predicted octanol–water partition coefficient (Wildman–Crippen LogP) is -0.0681. The molecule has 1 fully saturated rings. The van der Waals surface area contributed by atoms with Crippen LogP contribution in [0.25, 0.3) is 11.0 Å². The number of aromatic amines is 1. The minimum atomic E-state index is -3.24. The summed E-state index contributed by atoms with van der Waals surface area (Å²) in [7, 11) is -2.03. The van der Waals surface area contributed by atoms with E-state index in [9.17, 15) is 13.2 Å². The summed E-state index contributed by atoms with van der Waals surface area (Å²) in [6.07, 6.45) is 3.07. The van der Waals surface area contributed by atoms with Crippen LogP contribution in [0.1, 0.15) is 45.4 Å². The van der Waals surface area contributed by atoms with Crippen LogP contribution in [-0.4, -0.2) is 52.7 Å².